The molecule has 1 atom stereocenters. The Morgan fingerprint density at radius 3 is 2.50 bits per heavy atom. The second kappa shape index (κ2) is 3.89. The van der Waals surface area contributed by atoms with Gasteiger partial charge in [0, 0.05) is 0 Å². The summed E-state index contributed by atoms with van der Waals surface area (Å²) in [4.78, 5) is 0. The van der Waals surface area contributed by atoms with E-state index >= 15 is 0 Å². The molecule has 0 saturated heterocycles. The zero-order valence-electron chi connectivity index (χ0n) is 6.85. The first-order chi connectivity index (χ1) is 6.45. The summed E-state index contributed by atoms with van der Waals surface area (Å²) in [5, 5.41) is 6.41. The molecule has 14 heavy (non-hydrogen) atoms. The number of nitriles is 1. The first-order valence-corrected chi connectivity index (χ1v) is 4.09. The van der Waals surface area contributed by atoms with Crippen molar-refractivity contribution in [1.82, 2.24) is 0 Å². The van der Waals surface area contributed by atoms with Crippen molar-refractivity contribution in [2.45, 2.75) is 11.6 Å². The van der Waals surface area contributed by atoms with Gasteiger partial charge in [0.2, 0.25) is 0 Å². The Balaban J connectivity index is 3.03. The molecule has 1 rings (SSSR count). The molecule has 0 bridgehead atoms. The summed E-state index contributed by atoms with van der Waals surface area (Å²) in [6.45, 7) is 0. The molecule has 0 aliphatic carbocycles. The van der Waals surface area contributed by atoms with E-state index in [2.05, 4.69) is 0 Å². The van der Waals surface area contributed by atoms with Crippen LogP contribution in [-0.4, -0.2) is 6.18 Å². The number of rotatable bonds is 1. The zero-order chi connectivity index (χ0) is 10.8. The van der Waals surface area contributed by atoms with Crippen LogP contribution in [0.15, 0.2) is 24.3 Å². The molecular formula is C9H5ClF3N. The van der Waals surface area contributed by atoms with E-state index in [0.29, 0.717) is 0 Å². The number of halogens is 4. The standard InChI is InChI=1S/C9H5ClF3N/c10-8(9(11,12)13)7-3-1-2-6(4-7)5-14/h1-4,8H. The van der Waals surface area contributed by atoms with Crippen molar-refractivity contribution in [2.24, 2.45) is 0 Å². The van der Waals surface area contributed by atoms with Gasteiger partial charge >= 0.3 is 6.18 Å². The third kappa shape index (κ3) is 2.39. The molecule has 0 saturated carbocycles. The second-order valence-corrected chi connectivity index (χ2v) is 3.08. The molecule has 5 heteroatoms. The number of nitrogens with zero attached hydrogens (tertiary/aromatic N) is 1. The van der Waals surface area contributed by atoms with Gasteiger partial charge in [-0.25, -0.2) is 0 Å². The normalized spacial score (nSPS) is 13.4. The van der Waals surface area contributed by atoms with Crippen LogP contribution in [0, 0.1) is 11.3 Å². The molecule has 1 nitrogen and oxygen atoms in total. The van der Waals surface area contributed by atoms with Crippen LogP contribution in [0.2, 0.25) is 0 Å². The van der Waals surface area contributed by atoms with Crippen LogP contribution < -0.4 is 0 Å². The third-order valence-electron chi connectivity index (χ3n) is 1.60. The SMILES string of the molecule is N#Cc1cccc(C(Cl)C(F)(F)F)c1. The van der Waals surface area contributed by atoms with E-state index in [0.717, 1.165) is 6.07 Å². The van der Waals surface area contributed by atoms with Gasteiger partial charge in [-0.05, 0) is 17.7 Å². The Morgan fingerprint density at radius 1 is 1.36 bits per heavy atom. The Kier molecular flexibility index (Phi) is 3.02. The molecule has 0 N–H and O–H groups in total. The molecule has 1 aromatic carbocycles. The highest BCUT2D eigenvalue weighted by Gasteiger charge is 2.39. The lowest BCUT2D eigenvalue weighted by molar-refractivity contribution is -0.131. The van der Waals surface area contributed by atoms with E-state index in [-0.39, 0.29) is 11.1 Å². The predicted molar refractivity (Wildman–Crippen MR) is 45.8 cm³/mol. The molecule has 1 unspecified atom stereocenters. The summed E-state index contributed by atoms with van der Waals surface area (Å²) in [7, 11) is 0. The molecule has 74 valence electrons. The minimum atomic E-state index is -4.49. The molecule has 0 amide bonds. The summed E-state index contributed by atoms with van der Waals surface area (Å²) in [5.41, 5.74) is 0.0515. The lowest BCUT2D eigenvalue weighted by atomic mass is 10.1. The Bertz CT molecular complexity index is 367. The van der Waals surface area contributed by atoms with Gasteiger partial charge in [0.15, 0.2) is 5.38 Å². The number of hydrogen-bond donors (Lipinski definition) is 0. The van der Waals surface area contributed by atoms with Gasteiger partial charge in [-0.3, -0.25) is 0 Å². The molecule has 0 aliphatic rings. The van der Waals surface area contributed by atoms with Gasteiger partial charge in [-0.15, -0.1) is 11.6 Å². The van der Waals surface area contributed by atoms with E-state index in [4.69, 9.17) is 16.9 Å². The van der Waals surface area contributed by atoms with Gasteiger partial charge in [-0.2, -0.15) is 18.4 Å². The molecular weight excluding hydrogens is 215 g/mol. The molecule has 1 aromatic rings. The van der Waals surface area contributed by atoms with E-state index in [1.165, 1.54) is 18.2 Å². The number of alkyl halides is 4. The first kappa shape index (κ1) is 10.9. The van der Waals surface area contributed by atoms with E-state index in [9.17, 15) is 13.2 Å². The van der Waals surface area contributed by atoms with Crippen LogP contribution in [-0.2, 0) is 0 Å². The lowest BCUT2D eigenvalue weighted by Crippen LogP contribution is -2.15. The lowest BCUT2D eigenvalue weighted by Gasteiger charge is -2.13. The Labute approximate surface area is 83.7 Å². The average molecular weight is 220 g/mol. The second-order valence-electron chi connectivity index (χ2n) is 2.64. The molecule has 0 radical (unpaired) electrons. The summed E-state index contributed by atoms with van der Waals surface area (Å²) >= 11 is 5.18. The zero-order valence-corrected chi connectivity index (χ0v) is 7.60. The fourth-order valence-electron chi connectivity index (χ4n) is 0.955. The summed E-state index contributed by atoms with van der Waals surface area (Å²) in [6, 6.07) is 6.91. The van der Waals surface area contributed by atoms with Crippen molar-refractivity contribution < 1.29 is 13.2 Å². The average Bonchev–Trinajstić information content (AvgIpc) is 2.15. The van der Waals surface area contributed by atoms with Crippen LogP contribution in [0.5, 0.6) is 0 Å². The monoisotopic (exact) mass is 219 g/mol. The summed E-state index contributed by atoms with van der Waals surface area (Å²) in [6.07, 6.45) is -4.49. The van der Waals surface area contributed by atoms with Crippen molar-refractivity contribution in [1.29, 1.82) is 5.26 Å². The molecule has 0 aliphatic heterocycles. The smallest absolute Gasteiger partial charge is 0.192 e. The Hall–Kier alpha value is -1.21. The topological polar surface area (TPSA) is 23.8 Å². The van der Waals surface area contributed by atoms with E-state index in [1.807, 2.05) is 0 Å². The van der Waals surface area contributed by atoms with Crippen LogP contribution in [0.3, 0.4) is 0 Å². The maximum atomic E-state index is 12.2. The molecule has 0 aromatic heterocycles. The van der Waals surface area contributed by atoms with Crippen LogP contribution in [0.1, 0.15) is 16.5 Å². The van der Waals surface area contributed by atoms with Gasteiger partial charge in [0.1, 0.15) is 0 Å². The predicted octanol–water partition coefficient (Wildman–Crippen LogP) is 3.40. The highest BCUT2D eigenvalue weighted by Crippen LogP contribution is 2.37. The quantitative estimate of drug-likeness (QED) is 0.664. The highest BCUT2D eigenvalue weighted by atomic mass is 35.5. The van der Waals surface area contributed by atoms with Crippen molar-refractivity contribution in [2.75, 3.05) is 0 Å². The maximum absolute atomic E-state index is 12.2. The summed E-state index contributed by atoms with van der Waals surface area (Å²) < 4.78 is 36.5. The fraction of sp³-hybridized carbons (Fsp3) is 0.222. The van der Waals surface area contributed by atoms with E-state index in [1.54, 1.807) is 6.07 Å². The Morgan fingerprint density at radius 2 is 2.00 bits per heavy atom. The van der Waals surface area contributed by atoms with Crippen LogP contribution in [0.4, 0.5) is 13.2 Å². The van der Waals surface area contributed by atoms with Crippen molar-refractivity contribution in [3.8, 4) is 6.07 Å². The number of hydrogen-bond acceptors (Lipinski definition) is 1. The summed E-state index contributed by atoms with van der Waals surface area (Å²) in [5.74, 6) is 0. The first-order valence-electron chi connectivity index (χ1n) is 3.66. The van der Waals surface area contributed by atoms with Crippen molar-refractivity contribution in [3.05, 3.63) is 35.4 Å². The van der Waals surface area contributed by atoms with Crippen LogP contribution in [0.25, 0.3) is 0 Å². The van der Waals surface area contributed by atoms with Gasteiger partial charge in [0.05, 0.1) is 11.6 Å². The van der Waals surface area contributed by atoms with Crippen molar-refractivity contribution >= 4 is 11.6 Å². The van der Waals surface area contributed by atoms with Crippen molar-refractivity contribution in [3.63, 3.8) is 0 Å². The fourth-order valence-corrected chi connectivity index (χ4v) is 1.09. The minimum absolute atomic E-state index is 0.113. The third-order valence-corrected chi connectivity index (χ3v) is 2.10. The van der Waals surface area contributed by atoms with Gasteiger partial charge < -0.3 is 0 Å². The van der Waals surface area contributed by atoms with Crippen LogP contribution >= 0.6 is 11.6 Å². The highest BCUT2D eigenvalue weighted by molar-refractivity contribution is 6.21. The van der Waals surface area contributed by atoms with Gasteiger partial charge in [-0.1, -0.05) is 12.1 Å². The molecule has 0 heterocycles. The maximum Gasteiger partial charge on any atom is 0.408 e. The minimum Gasteiger partial charge on any atom is -0.192 e. The molecule has 0 spiro atoms. The van der Waals surface area contributed by atoms with Gasteiger partial charge in [0.25, 0.3) is 0 Å². The molecule has 0 fully saturated rings. The number of benzene rings is 1. The largest absolute Gasteiger partial charge is 0.408 e. The van der Waals surface area contributed by atoms with E-state index < -0.39 is 11.6 Å².